The number of carbonyl (C=O) groups is 1. The molecule has 1 amide bonds. The summed E-state index contributed by atoms with van der Waals surface area (Å²) in [4.78, 5) is 20.5. The first-order valence-electron chi connectivity index (χ1n) is 9.77. The van der Waals surface area contributed by atoms with Gasteiger partial charge < -0.3 is 15.4 Å². The number of nitrogens with one attached hydrogen (secondary N) is 3. The Balaban J connectivity index is 1.90. The quantitative estimate of drug-likeness (QED) is 0.422. The predicted molar refractivity (Wildman–Crippen MR) is 125 cm³/mol. The summed E-state index contributed by atoms with van der Waals surface area (Å²) >= 11 is 0. The standard InChI is InChI=1S/C17H21B3F2N6O4S/c1-16(7-33(30,31)28(2)15(23)27-16)12-8(21)3-4-9(13(12)22)26-14(29)10-5-25-11(6-24-10)32-17(18,19)20/h3-6H,7,18-20H2,1-2H3,(H2,23,27)(H,26,29)/t16-/m0/s1. The van der Waals surface area contributed by atoms with Crippen molar-refractivity contribution in [1.29, 1.82) is 5.41 Å². The second-order valence-corrected chi connectivity index (χ2v) is 10.7. The first kappa shape index (κ1) is 24.5. The normalized spacial score (nSPS) is 20.1. The molecule has 0 saturated carbocycles. The van der Waals surface area contributed by atoms with Crippen molar-refractivity contribution in [2.24, 2.45) is 0 Å². The molecule has 1 aromatic carbocycles. The van der Waals surface area contributed by atoms with Gasteiger partial charge in [-0.05, 0) is 19.1 Å². The SMILES string of the molecule is BC(B)(B)Oc1cnc(C(=O)Nc2ccc(F)c([C@]3(C)CS(=O)(=O)N(C)C(=N)N3)c2F)cn1. The molecule has 172 valence electrons. The maximum Gasteiger partial charge on any atom is 0.275 e. The summed E-state index contributed by atoms with van der Waals surface area (Å²) in [5, 5.41) is 12.2. The highest BCUT2D eigenvalue weighted by Crippen LogP contribution is 2.34. The number of aromatic nitrogens is 2. The summed E-state index contributed by atoms with van der Waals surface area (Å²) in [6, 6.07) is 1.91. The molecule has 16 heteroatoms. The van der Waals surface area contributed by atoms with Crippen LogP contribution in [0.15, 0.2) is 24.5 Å². The average molecular weight is 476 g/mol. The monoisotopic (exact) mass is 476 g/mol. The van der Waals surface area contributed by atoms with Crippen LogP contribution in [-0.2, 0) is 15.6 Å². The number of sulfonamides is 1. The molecule has 1 aliphatic rings. The lowest BCUT2D eigenvalue weighted by molar-refractivity contribution is 0.102. The van der Waals surface area contributed by atoms with Crippen LogP contribution in [0.1, 0.15) is 23.0 Å². The van der Waals surface area contributed by atoms with Crippen LogP contribution < -0.4 is 15.4 Å². The van der Waals surface area contributed by atoms with Gasteiger partial charge in [0.05, 0.1) is 34.9 Å². The van der Waals surface area contributed by atoms with Gasteiger partial charge in [-0.25, -0.2) is 31.5 Å². The number of benzene rings is 1. The zero-order valence-corrected chi connectivity index (χ0v) is 19.5. The minimum absolute atomic E-state index is 0.144. The van der Waals surface area contributed by atoms with Crippen molar-refractivity contribution < 1.29 is 26.7 Å². The fourth-order valence-electron chi connectivity index (χ4n) is 3.25. The summed E-state index contributed by atoms with van der Waals surface area (Å²) in [6.07, 6.45) is 2.39. The number of guanidine groups is 1. The minimum Gasteiger partial charge on any atom is -0.498 e. The maximum atomic E-state index is 15.3. The van der Waals surface area contributed by atoms with Crippen LogP contribution in [-0.4, -0.2) is 76.2 Å². The highest BCUT2D eigenvalue weighted by molar-refractivity contribution is 7.89. The van der Waals surface area contributed by atoms with Crippen molar-refractivity contribution in [3.05, 3.63) is 47.4 Å². The third kappa shape index (κ3) is 5.10. The highest BCUT2D eigenvalue weighted by atomic mass is 32.2. The number of hydrogen-bond donors (Lipinski definition) is 3. The fraction of sp³-hybridized carbons (Fsp3) is 0.294. The Morgan fingerprint density at radius 3 is 2.52 bits per heavy atom. The second kappa shape index (κ2) is 8.32. The molecule has 0 unspecified atom stereocenters. The lowest BCUT2D eigenvalue weighted by atomic mass is 9.52. The lowest BCUT2D eigenvalue weighted by Crippen LogP contribution is -2.61. The van der Waals surface area contributed by atoms with Gasteiger partial charge in [0.25, 0.3) is 5.91 Å². The third-order valence-corrected chi connectivity index (χ3v) is 6.72. The van der Waals surface area contributed by atoms with E-state index in [0.29, 0.717) is 4.31 Å². The molecule has 33 heavy (non-hydrogen) atoms. The first-order valence-corrected chi connectivity index (χ1v) is 11.4. The van der Waals surface area contributed by atoms with Gasteiger partial charge in [0.15, 0.2) is 5.82 Å². The molecule has 0 radical (unpaired) electrons. The van der Waals surface area contributed by atoms with Gasteiger partial charge >= 0.3 is 0 Å². The minimum atomic E-state index is -4.00. The van der Waals surface area contributed by atoms with E-state index in [0.717, 1.165) is 25.4 Å². The first-order chi connectivity index (χ1) is 15.1. The average Bonchev–Trinajstić information content (AvgIpc) is 2.67. The Hall–Kier alpha value is -3.16. The Morgan fingerprint density at radius 2 is 1.97 bits per heavy atom. The number of carbonyl (C=O) groups excluding carboxylic acids is 1. The topological polar surface area (TPSA) is 137 Å². The smallest absolute Gasteiger partial charge is 0.275 e. The number of anilines is 1. The van der Waals surface area contributed by atoms with E-state index in [2.05, 4.69) is 20.6 Å². The largest absolute Gasteiger partial charge is 0.498 e. The molecule has 0 spiro atoms. The number of ether oxygens (including phenoxy) is 1. The van der Waals surface area contributed by atoms with Gasteiger partial charge in [-0.15, -0.1) is 0 Å². The number of halogens is 2. The van der Waals surface area contributed by atoms with Crippen molar-refractivity contribution in [1.82, 2.24) is 19.6 Å². The van der Waals surface area contributed by atoms with Crippen LogP contribution in [0.2, 0.25) is 0 Å². The molecule has 3 N–H and O–H groups in total. The van der Waals surface area contributed by atoms with Gasteiger partial charge in [-0.1, -0.05) is 0 Å². The van der Waals surface area contributed by atoms with Crippen molar-refractivity contribution in [3.63, 3.8) is 0 Å². The van der Waals surface area contributed by atoms with Gasteiger partial charge in [-0.3, -0.25) is 10.2 Å². The third-order valence-electron chi connectivity index (χ3n) is 4.76. The van der Waals surface area contributed by atoms with E-state index in [1.165, 1.54) is 13.1 Å². The molecule has 1 aliphatic heterocycles. The Kier molecular flexibility index (Phi) is 6.17. The Morgan fingerprint density at radius 1 is 1.30 bits per heavy atom. The molecule has 1 saturated heterocycles. The Labute approximate surface area is 192 Å². The molecule has 1 aromatic heterocycles. The zero-order valence-electron chi connectivity index (χ0n) is 18.7. The van der Waals surface area contributed by atoms with E-state index in [1.807, 2.05) is 23.5 Å². The molecule has 2 aromatic rings. The number of hydrogen-bond acceptors (Lipinski definition) is 7. The van der Waals surface area contributed by atoms with Crippen LogP contribution in [0.5, 0.6) is 5.88 Å². The zero-order chi connectivity index (χ0) is 24.8. The van der Waals surface area contributed by atoms with E-state index in [4.69, 9.17) is 10.1 Å². The fourth-order valence-corrected chi connectivity index (χ4v) is 4.72. The van der Waals surface area contributed by atoms with Crippen molar-refractivity contribution >= 4 is 51.1 Å². The van der Waals surface area contributed by atoms with Crippen LogP contribution in [0.3, 0.4) is 0 Å². The summed E-state index contributed by atoms with van der Waals surface area (Å²) in [5.41, 5.74) is -2.95. The highest BCUT2D eigenvalue weighted by Gasteiger charge is 2.45. The number of amides is 1. The predicted octanol–water partition coefficient (Wildman–Crippen LogP) is -2.09. The summed E-state index contributed by atoms with van der Waals surface area (Å²) in [6.45, 7) is 1.26. The van der Waals surface area contributed by atoms with E-state index < -0.39 is 55.7 Å². The van der Waals surface area contributed by atoms with E-state index in [-0.39, 0.29) is 17.3 Å². The van der Waals surface area contributed by atoms with Crippen LogP contribution in [0.25, 0.3) is 0 Å². The maximum absolute atomic E-state index is 15.3. The van der Waals surface area contributed by atoms with E-state index >= 15 is 4.39 Å². The van der Waals surface area contributed by atoms with Crippen LogP contribution >= 0.6 is 0 Å². The molecule has 1 atom stereocenters. The Bertz CT molecular complexity index is 1230. The van der Waals surface area contributed by atoms with E-state index in [9.17, 15) is 17.6 Å². The lowest BCUT2D eigenvalue weighted by Gasteiger charge is -2.40. The van der Waals surface area contributed by atoms with E-state index in [1.54, 1.807) is 0 Å². The molecule has 1 fully saturated rings. The summed E-state index contributed by atoms with van der Waals surface area (Å²) in [7, 11) is 2.61. The second-order valence-electron chi connectivity index (χ2n) is 8.72. The van der Waals surface area contributed by atoms with Crippen LogP contribution in [0, 0.1) is 17.0 Å². The summed E-state index contributed by atoms with van der Waals surface area (Å²) in [5.74, 6) is -4.07. The molecule has 2 heterocycles. The van der Waals surface area contributed by atoms with Crippen molar-refractivity contribution in [2.75, 3.05) is 18.1 Å². The van der Waals surface area contributed by atoms with Gasteiger partial charge in [0.2, 0.25) is 21.9 Å². The van der Waals surface area contributed by atoms with Crippen LogP contribution in [0.4, 0.5) is 14.5 Å². The summed E-state index contributed by atoms with van der Waals surface area (Å²) < 4.78 is 61.0. The molecule has 3 rings (SSSR count). The van der Waals surface area contributed by atoms with Crippen molar-refractivity contribution in [3.8, 4) is 5.88 Å². The molecular weight excluding hydrogens is 455 g/mol. The number of nitrogens with zero attached hydrogens (tertiary/aromatic N) is 3. The molecular formula is C17H21B3F2N6O4S. The molecule has 10 nitrogen and oxygen atoms in total. The van der Waals surface area contributed by atoms with Gasteiger partial charge in [-0.2, -0.15) is 0 Å². The number of rotatable bonds is 5. The van der Waals surface area contributed by atoms with Crippen molar-refractivity contribution in [2.45, 2.75) is 17.8 Å². The van der Waals surface area contributed by atoms with Gasteiger partial charge in [0.1, 0.15) is 35.0 Å². The molecule has 0 aliphatic carbocycles. The molecule has 0 bridgehead atoms. The van der Waals surface area contributed by atoms with Gasteiger partial charge in [0, 0.05) is 12.3 Å².